The van der Waals surface area contributed by atoms with Gasteiger partial charge in [0.05, 0.1) is 0 Å². The van der Waals surface area contributed by atoms with Gasteiger partial charge in [-0.3, -0.25) is 0 Å². The van der Waals surface area contributed by atoms with Gasteiger partial charge < -0.3 is 15.4 Å². The third-order valence-corrected chi connectivity index (χ3v) is 5.33. The summed E-state index contributed by atoms with van der Waals surface area (Å²) in [5.74, 6) is 0.710. The fourth-order valence-corrected chi connectivity index (χ4v) is 3.86. The molecular weight excluding hydrogens is 298 g/mol. The lowest BCUT2D eigenvalue weighted by Gasteiger charge is -2.29. The second-order valence-electron chi connectivity index (χ2n) is 7.02. The molecule has 1 aliphatic carbocycles. The molecule has 1 aromatic carbocycles. The van der Waals surface area contributed by atoms with Gasteiger partial charge in [0.25, 0.3) is 0 Å². The van der Waals surface area contributed by atoms with Crippen LogP contribution in [0.25, 0.3) is 11.1 Å². The second kappa shape index (κ2) is 6.44. The van der Waals surface area contributed by atoms with Crippen molar-refractivity contribution in [1.29, 1.82) is 0 Å². The highest BCUT2D eigenvalue weighted by molar-refractivity contribution is 5.80. The summed E-state index contributed by atoms with van der Waals surface area (Å²) in [7, 11) is 2.16. The van der Waals surface area contributed by atoms with E-state index >= 15 is 0 Å². The van der Waals surface area contributed by atoms with E-state index in [4.69, 9.17) is 10.5 Å². The second-order valence-corrected chi connectivity index (χ2v) is 7.02. The molecule has 0 unspecified atom stereocenters. The van der Waals surface area contributed by atoms with Gasteiger partial charge >= 0.3 is 0 Å². The molecule has 1 aromatic heterocycles. The third-order valence-electron chi connectivity index (χ3n) is 5.33. The lowest BCUT2D eigenvalue weighted by atomic mass is 9.98. The summed E-state index contributed by atoms with van der Waals surface area (Å²) < 4.78 is 6.12. The number of fused-ring (bicyclic) bond motifs is 1. The Balaban J connectivity index is 1.57. The standard InChI is InChI=1S/C20H25N3O/c1-23-11-8-16(9-12-23)24-19-13-15(7-10-22-19)18-6-5-14-3-2-4-17(14)20(18)21/h5-7,10,13,16H,2-4,8-9,11-12,21H2,1H3. The lowest BCUT2D eigenvalue weighted by Crippen LogP contribution is -2.35. The predicted octanol–water partition coefficient (Wildman–Crippen LogP) is 3.29. The Labute approximate surface area is 143 Å². The van der Waals surface area contributed by atoms with Crippen molar-refractivity contribution < 1.29 is 4.74 Å². The molecule has 2 aliphatic rings. The van der Waals surface area contributed by atoms with E-state index in [1.54, 1.807) is 0 Å². The van der Waals surface area contributed by atoms with Crippen molar-refractivity contribution in [3.63, 3.8) is 0 Å². The number of ether oxygens (including phenoxy) is 1. The van der Waals surface area contributed by atoms with E-state index in [-0.39, 0.29) is 6.10 Å². The van der Waals surface area contributed by atoms with Gasteiger partial charge in [-0.05, 0) is 61.9 Å². The zero-order valence-electron chi connectivity index (χ0n) is 14.3. The van der Waals surface area contributed by atoms with Crippen molar-refractivity contribution in [2.45, 2.75) is 38.2 Å². The van der Waals surface area contributed by atoms with Gasteiger partial charge in [-0.1, -0.05) is 12.1 Å². The van der Waals surface area contributed by atoms with E-state index < -0.39 is 0 Å². The molecular formula is C20H25N3O. The fraction of sp³-hybridized carbons (Fsp3) is 0.450. The largest absolute Gasteiger partial charge is 0.474 e. The van der Waals surface area contributed by atoms with Gasteiger partial charge in [-0.15, -0.1) is 0 Å². The van der Waals surface area contributed by atoms with Gasteiger partial charge in [0.15, 0.2) is 0 Å². The highest BCUT2D eigenvalue weighted by Crippen LogP contribution is 2.36. The molecule has 1 aliphatic heterocycles. The number of nitrogen functional groups attached to an aromatic ring is 1. The van der Waals surface area contributed by atoms with Crippen molar-refractivity contribution in [2.24, 2.45) is 0 Å². The summed E-state index contributed by atoms with van der Waals surface area (Å²) in [6.45, 7) is 2.17. The normalized spacial score (nSPS) is 18.5. The molecule has 0 saturated carbocycles. The topological polar surface area (TPSA) is 51.4 Å². The lowest BCUT2D eigenvalue weighted by molar-refractivity contribution is 0.110. The molecule has 1 saturated heterocycles. The molecule has 1 fully saturated rings. The van der Waals surface area contributed by atoms with Crippen LogP contribution in [0.15, 0.2) is 30.5 Å². The fourth-order valence-electron chi connectivity index (χ4n) is 3.86. The van der Waals surface area contributed by atoms with Gasteiger partial charge in [-0.2, -0.15) is 0 Å². The number of hydrogen-bond donors (Lipinski definition) is 1. The summed E-state index contributed by atoms with van der Waals surface area (Å²) >= 11 is 0. The first-order valence-electron chi connectivity index (χ1n) is 8.92. The molecule has 4 rings (SSSR count). The zero-order valence-corrected chi connectivity index (χ0v) is 14.3. The van der Waals surface area contributed by atoms with Crippen molar-refractivity contribution in [3.05, 3.63) is 41.6 Å². The molecule has 0 spiro atoms. The molecule has 0 bridgehead atoms. The quantitative estimate of drug-likeness (QED) is 0.881. The van der Waals surface area contributed by atoms with E-state index in [2.05, 4.69) is 29.1 Å². The number of rotatable bonds is 3. The number of benzene rings is 1. The molecule has 4 heteroatoms. The first-order chi connectivity index (χ1) is 11.7. The molecule has 4 nitrogen and oxygen atoms in total. The molecule has 2 N–H and O–H groups in total. The van der Waals surface area contributed by atoms with Gasteiger partial charge in [0, 0.05) is 36.6 Å². The molecule has 0 radical (unpaired) electrons. The summed E-state index contributed by atoms with van der Waals surface area (Å²) in [5.41, 5.74) is 12.3. The Morgan fingerprint density at radius 3 is 2.83 bits per heavy atom. The highest BCUT2D eigenvalue weighted by Gasteiger charge is 2.20. The first kappa shape index (κ1) is 15.5. The maximum atomic E-state index is 6.45. The Kier molecular flexibility index (Phi) is 4.15. The molecule has 0 atom stereocenters. The number of anilines is 1. The SMILES string of the molecule is CN1CCC(Oc2cc(-c3ccc4c(c3N)CCC4)ccn2)CC1. The van der Waals surface area contributed by atoms with Crippen LogP contribution in [-0.4, -0.2) is 36.1 Å². The molecule has 0 amide bonds. The number of nitrogens with two attached hydrogens (primary N) is 1. The maximum absolute atomic E-state index is 6.45. The smallest absolute Gasteiger partial charge is 0.214 e. The van der Waals surface area contributed by atoms with Crippen LogP contribution in [0.1, 0.15) is 30.4 Å². The Morgan fingerprint density at radius 2 is 2.00 bits per heavy atom. The minimum absolute atomic E-state index is 0.265. The monoisotopic (exact) mass is 323 g/mol. The van der Waals surface area contributed by atoms with Crippen molar-refractivity contribution in [2.75, 3.05) is 25.9 Å². The Morgan fingerprint density at radius 1 is 1.17 bits per heavy atom. The molecule has 24 heavy (non-hydrogen) atoms. The number of aromatic nitrogens is 1. The van der Waals surface area contributed by atoms with E-state index in [9.17, 15) is 0 Å². The average molecular weight is 323 g/mol. The van der Waals surface area contributed by atoms with Gasteiger partial charge in [0.2, 0.25) is 5.88 Å². The van der Waals surface area contributed by atoms with Crippen LogP contribution < -0.4 is 10.5 Å². The number of nitrogens with zero attached hydrogens (tertiary/aromatic N) is 2. The molecule has 2 aromatic rings. The number of aryl methyl sites for hydroxylation is 1. The van der Waals surface area contributed by atoms with Gasteiger partial charge in [-0.25, -0.2) is 4.98 Å². The van der Waals surface area contributed by atoms with Crippen LogP contribution >= 0.6 is 0 Å². The summed E-state index contributed by atoms with van der Waals surface area (Å²) in [5, 5.41) is 0. The maximum Gasteiger partial charge on any atom is 0.214 e. The van der Waals surface area contributed by atoms with Crippen LogP contribution in [0.2, 0.25) is 0 Å². The van der Waals surface area contributed by atoms with Crippen LogP contribution in [-0.2, 0) is 12.8 Å². The Bertz CT molecular complexity index is 736. The predicted molar refractivity (Wildman–Crippen MR) is 97.3 cm³/mol. The molecule has 2 heterocycles. The minimum atomic E-state index is 0.265. The van der Waals surface area contributed by atoms with Crippen LogP contribution in [0, 0.1) is 0 Å². The molecule has 126 valence electrons. The van der Waals surface area contributed by atoms with E-state index in [1.807, 2.05) is 18.3 Å². The third kappa shape index (κ3) is 2.98. The van der Waals surface area contributed by atoms with Crippen molar-refractivity contribution in [1.82, 2.24) is 9.88 Å². The van der Waals surface area contributed by atoms with Crippen LogP contribution in [0.5, 0.6) is 5.88 Å². The van der Waals surface area contributed by atoms with Crippen LogP contribution in [0.3, 0.4) is 0 Å². The van der Waals surface area contributed by atoms with Crippen LogP contribution in [0.4, 0.5) is 5.69 Å². The average Bonchev–Trinajstić information content (AvgIpc) is 3.07. The highest BCUT2D eigenvalue weighted by atomic mass is 16.5. The number of pyridine rings is 1. The number of likely N-dealkylation sites (tertiary alicyclic amines) is 1. The minimum Gasteiger partial charge on any atom is -0.474 e. The first-order valence-corrected chi connectivity index (χ1v) is 8.92. The van der Waals surface area contributed by atoms with Crippen molar-refractivity contribution >= 4 is 5.69 Å². The van der Waals surface area contributed by atoms with E-state index in [1.165, 1.54) is 17.5 Å². The number of piperidine rings is 1. The van der Waals surface area contributed by atoms with Gasteiger partial charge in [0.1, 0.15) is 6.10 Å². The summed E-state index contributed by atoms with van der Waals surface area (Å²) in [6.07, 6.45) is 7.67. The van der Waals surface area contributed by atoms with E-state index in [0.717, 1.165) is 55.6 Å². The van der Waals surface area contributed by atoms with E-state index in [0.29, 0.717) is 5.88 Å². The Hall–Kier alpha value is -2.07. The van der Waals surface area contributed by atoms with Crippen molar-refractivity contribution in [3.8, 4) is 17.0 Å². The summed E-state index contributed by atoms with van der Waals surface area (Å²) in [6, 6.07) is 8.43. The zero-order chi connectivity index (χ0) is 16.5. The summed E-state index contributed by atoms with van der Waals surface area (Å²) in [4.78, 5) is 6.75. The number of hydrogen-bond acceptors (Lipinski definition) is 4.